The van der Waals surface area contributed by atoms with Crippen LogP contribution in [0, 0.1) is 5.82 Å². The molecule has 1 unspecified atom stereocenters. The van der Waals surface area contributed by atoms with Crippen molar-refractivity contribution >= 4 is 32.8 Å². The van der Waals surface area contributed by atoms with E-state index >= 15 is 0 Å². The smallest absolute Gasteiger partial charge is 0.157 e. The lowest BCUT2D eigenvalue weighted by Gasteiger charge is -2.10. The third-order valence-electron chi connectivity index (χ3n) is 3.29. The highest BCUT2D eigenvalue weighted by Crippen LogP contribution is 2.36. The minimum atomic E-state index is -0.202. The van der Waals surface area contributed by atoms with Crippen LogP contribution in [0.2, 0.25) is 0 Å². The van der Waals surface area contributed by atoms with Crippen LogP contribution in [-0.4, -0.2) is 16.7 Å². The van der Waals surface area contributed by atoms with Crippen molar-refractivity contribution in [2.24, 2.45) is 0 Å². The molecule has 0 aliphatic heterocycles. The minimum Gasteiger partial charge on any atom is -0.308 e. The van der Waals surface area contributed by atoms with E-state index in [-0.39, 0.29) is 11.9 Å². The van der Waals surface area contributed by atoms with E-state index in [1.807, 2.05) is 0 Å². The Morgan fingerprint density at radius 1 is 1.19 bits per heavy atom. The zero-order valence-electron chi connectivity index (χ0n) is 11.9. The van der Waals surface area contributed by atoms with Crippen molar-refractivity contribution in [3.05, 3.63) is 35.1 Å². The van der Waals surface area contributed by atoms with Crippen LogP contribution in [0.1, 0.15) is 31.3 Å². The van der Waals surface area contributed by atoms with E-state index in [0.717, 1.165) is 37.9 Å². The van der Waals surface area contributed by atoms with Gasteiger partial charge in [0.1, 0.15) is 10.8 Å². The summed E-state index contributed by atoms with van der Waals surface area (Å²) in [7, 11) is 0. The number of halogens is 1. The van der Waals surface area contributed by atoms with Gasteiger partial charge < -0.3 is 5.32 Å². The van der Waals surface area contributed by atoms with Gasteiger partial charge in [-0.15, -0.1) is 21.5 Å². The lowest BCUT2D eigenvalue weighted by molar-refractivity contribution is 0.531. The van der Waals surface area contributed by atoms with Crippen LogP contribution in [0.3, 0.4) is 0 Å². The molecule has 21 heavy (non-hydrogen) atoms. The molecule has 0 saturated heterocycles. The number of nitrogens with one attached hydrogen (secondary N) is 1. The maximum Gasteiger partial charge on any atom is 0.157 e. The Morgan fingerprint density at radius 2 is 2.05 bits per heavy atom. The average Bonchev–Trinajstić information content (AvgIpc) is 3.10. The second-order valence-corrected chi connectivity index (χ2v) is 6.85. The third-order valence-corrected chi connectivity index (χ3v) is 5.59. The van der Waals surface area contributed by atoms with Crippen LogP contribution in [0.4, 0.5) is 4.39 Å². The first-order valence-electron chi connectivity index (χ1n) is 6.97. The van der Waals surface area contributed by atoms with Gasteiger partial charge in [0.15, 0.2) is 5.01 Å². The van der Waals surface area contributed by atoms with Gasteiger partial charge in [0.2, 0.25) is 0 Å². The highest BCUT2D eigenvalue weighted by molar-refractivity contribution is 7.25. The van der Waals surface area contributed by atoms with E-state index in [1.54, 1.807) is 34.8 Å². The predicted octanol–water partition coefficient (Wildman–Crippen LogP) is 4.62. The summed E-state index contributed by atoms with van der Waals surface area (Å²) >= 11 is 3.17. The predicted molar refractivity (Wildman–Crippen MR) is 87.4 cm³/mol. The Bertz CT molecular complexity index is 750. The van der Waals surface area contributed by atoms with Gasteiger partial charge >= 0.3 is 0 Å². The molecule has 1 N–H and O–H groups in total. The zero-order valence-corrected chi connectivity index (χ0v) is 13.5. The molecule has 2 aromatic heterocycles. The molecule has 0 bridgehead atoms. The molecule has 6 heteroatoms. The summed E-state index contributed by atoms with van der Waals surface area (Å²) in [5.74, 6) is -0.202. The van der Waals surface area contributed by atoms with Crippen LogP contribution in [0.5, 0.6) is 0 Å². The monoisotopic (exact) mass is 321 g/mol. The number of hydrogen-bond donors (Lipinski definition) is 1. The standard InChI is InChI=1S/C15H16FN3S2/c1-3-11(17-4-2)14-18-19-15(21-14)13-7-9-5-6-10(16)8-12(9)20-13/h5-8,11,17H,3-4H2,1-2H3. The van der Waals surface area contributed by atoms with Crippen LogP contribution in [0.15, 0.2) is 24.3 Å². The molecule has 110 valence electrons. The van der Waals surface area contributed by atoms with Gasteiger partial charge in [-0.3, -0.25) is 0 Å². The van der Waals surface area contributed by atoms with E-state index in [4.69, 9.17) is 0 Å². The fraction of sp³-hybridized carbons (Fsp3) is 0.333. The molecule has 0 fully saturated rings. The first-order valence-corrected chi connectivity index (χ1v) is 8.60. The quantitative estimate of drug-likeness (QED) is 0.745. The van der Waals surface area contributed by atoms with Crippen LogP contribution in [-0.2, 0) is 0 Å². The first-order chi connectivity index (χ1) is 10.2. The van der Waals surface area contributed by atoms with Gasteiger partial charge in [-0.2, -0.15) is 0 Å². The molecule has 0 spiro atoms. The normalized spacial score (nSPS) is 12.9. The Hall–Kier alpha value is -1.37. The molecule has 1 atom stereocenters. The SMILES string of the molecule is CCNC(CC)c1nnc(-c2cc3ccc(F)cc3s2)s1. The number of fused-ring (bicyclic) bond motifs is 1. The largest absolute Gasteiger partial charge is 0.308 e. The summed E-state index contributed by atoms with van der Waals surface area (Å²) in [5, 5.41) is 15.0. The molecular weight excluding hydrogens is 305 g/mol. The fourth-order valence-electron chi connectivity index (χ4n) is 2.24. The number of hydrogen-bond acceptors (Lipinski definition) is 5. The Balaban J connectivity index is 1.93. The van der Waals surface area contributed by atoms with Crippen molar-refractivity contribution in [2.75, 3.05) is 6.54 Å². The van der Waals surface area contributed by atoms with Crippen molar-refractivity contribution in [3.8, 4) is 9.88 Å². The third kappa shape index (κ3) is 2.97. The molecule has 3 aromatic rings. The van der Waals surface area contributed by atoms with Gasteiger partial charge in [-0.25, -0.2) is 4.39 Å². The summed E-state index contributed by atoms with van der Waals surface area (Å²) in [4.78, 5) is 1.05. The van der Waals surface area contributed by atoms with E-state index in [2.05, 4.69) is 35.4 Å². The second kappa shape index (κ2) is 6.17. The van der Waals surface area contributed by atoms with Crippen molar-refractivity contribution in [2.45, 2.75) is 26.3 Å². The number of rotatable bonds is 5. The van der Waals surface area contributed by atoms with Crippen molar-refractivity contribution in [3.63, 3.8) is 0 Å². The minimum absolute atomic E-state index is 0.202. The molecule has 0 amide bonds. The maximum absolute atomic E-state index is 13.3. The van der Waals surface area contributed by atoms with Crippen LogP contribution >= 0.6 is 22.7 Å². The molecule has 3 rings (SSSR count). The van der Waals surface area contributed by atoms with E-state index in [9.17, 15) is 4.39 Å². The van der Waals surface area contributed by atoms with Gasteiger partial charge in [0.05, 0.1) is 10.9 Å². The molecule has 2 heterocycles. The van der Waals surface area contributed by atoms with Gasteiger partial charge in [-0.1, -0.05) is 31.3 Å². The fourth-order valence-corrected chi connectivity index (χ4v) is 4.37. The molecule has 0 saturated carbocycles. The summed E-state index contributed by atoms with van der Waals surface area (Å²) in [6.45, 7) is 5.14. The van der Waals surface area contributed by atoms with E-state index in [0.29, 0.717) is 0 Å². The summed E-state index contributed by atoms with van der Waals surface area (Å²) in [6.07, 6.45) is 0.986. The Labute approximate surface area is 130 Å². The number of aromatic nitrogens is 2. The lowest BCUT2D eigenvalue weighted by atomic mass is 10.2. The topological polar surface area (TPSA) is 37.8 Å². The highest BCUT2D eigenvalue weighted by Gasteiger charge is 2.16. The van der Waals surface area contributed by atoms with E-state index in [1.165, 1.54) is 6.07 Å². The molecule has 0 aliphatic carbocycles. The Kier molecular flexibility index (Phi) is 4.28. The maximum atomic E-state index is 13.3. The zero-order chi connectivity index (χ0) is 14.8. The molecule has 0 aliphatic rings. The summed E-state index contributed by atoms with van der Waals surface area (Å²) < 4.78 is 14.2. The highest BCUT2D eigenvalue weighted by atomic mass is 32.1. The van der Waals surface area contributed by atoms with Crippen LogP contribution in [0.25, 0.3) is 20.0 Å². The summed E-state index contributed by atoms with van der Waals surface area (Å²) in [5.41, 5.74) is 0. The summed E-state index contributed by atoms with van der Waals surface area (Å²) in [6, 6.07) is 7.17. The van der Waals surface area contributed by atoms with E-state index < -0.39 is 0 Å². The van der Waals surface area contributed by atoms with Gasteiger partial charge in [0, 0.05) is 4.70 Å². The lowest BCUT2D eigenvalue weighted by Crippen LogP contribution is -2.19. The average molecular weight is 321 g/mol. The van der Waals surface area contributed by atoms with Crippen molar-refractivity contribution in [1.29, 1.82) is 0 Å². The molecular formula is C15H16FN3S2. The number of thiophene rings is 1. The number of benzene rings is 1. The number of nitrogens with zero attached hydrogens (tertiary/aromatic N) is 2. The first kappa shape index (κ1) is 14.6. The molecule has 3 nitrogen and oxygen atoms in total. The van der Waals surface area contributed by atoms with Crippen molar-refractivity contribution < 1.29 is 4.39 Å². The molecule has 0 radical (unpaired) electrons. The second-order valence-electron chi connectivity index (χ2n) is 4.76. The molecule has 1 aromatic carbocycles. The Morgan fingerprint density at radius 3 is 2.81 bits per heavy atom. The van der Waals surface area contributed by atoms with Crippen molar-refractivity contribution in [1.82, 2.24) is 15.5 Å². The van der Waals surface area contributed by atoms with Gasteiger partial charge in [0.25, 0.3) is 0 Å². The van der Waals surface area contributed by atoms with Gasteiger partial charge in [-0.05, 0) is 36.6 Å². The van der Waals surface area contributed by atoms with Crippen LogP contribution < -0.4 is 5.32 Å².